The summed E-state index contributed by atoms with van der Waals surface area (Å²) in [5.41, 5.74) is 2.04. The number of sulfone groups is 1. The van der Waals surface area contributed by atoms with Crippen molar-refractivity contribution in [2.75, 3.05) is 6.26 Å². The van der Waals surface area contributed by atoms with Gasteiger partial charge in [0.25, 0.3) is 0 Å². The highest BCUT2D eigenvalue weighted by Gasteiger charge is 2.26. The standard InChI is InChI=1S/C17H21N3O4S/c1-11(2)15(16-19-20-17(24-16)25(4,22)23)18-14(21)10-9-13-7-5-12(3)6-8-13/h5-11,15H,1-4H3,(H,18,21)/b10-9+/t15-/m0/s1. The normalized spacial score (nSPS) is 13.3. The van der Waals surface area contributed by atoms with Crippen LogP contribution in [0, 0.1) is 12.8 Å². The SMILES string of the molecule is Cc1ccc(/C=C/C(=O)N[C@H](c2nnc(S(C)(=O)=O)o2)C(C)C)cc1. The minimum absolute atomic E-state index is 0.0625. The smallest absolute Gasteiger partial charge is 0.335 e. The first-order chi connectivity index (χ1) is 11.7. The van der Waals surface area contributed by atoms with Gasteiger partial charge in [-0.2, -0.15) is 0 Å². The van der Waals surface area contributed by atoms with E-state index in [9.17, 15) is 13.2 Å². The number of aromatic nitrogens is 2. The van der Waals surface area contributed by atoms with Crippen LogP contribution in [0.4, 0.5) is 0 Å². The predicted molar refractivity (Wildman–Crippen MR) is 93.3 cm³/mol. The Hall–Kier alpha value is -2.48. The molecule has 1 N–H and O–H groups in total. The van der Waals surface area contributed by atoms with E-state index in [0.29, 0.717) is 0 Å². The zero-order valence-electron chi connectivity index (χ0n) is 14.6. The van der Waals surface area contributed by atoms with Crippen molar-refractivity contribution >= 4 is 21.8 Å². The van der Waals surface area contributed by atoms with E-state index in [4.69, 9.17) is 4.42 Å². The van der Waals surface area contributed by atoms with Gasteiger partial charge in [-0.3, -0.25) is 4.79 Å². The van der Waals surface area contributed by atoms with Gasteiger partial charge in [0.05, 0.1) is 0 Å². The quantitative estimate of drug-likeness (QED) is 0.790. The zero-order valence-corrected chi connectivity index (χ0v) is 15.4. The summed E-state index contributed by atoms with van der Waals surface area (Å²) in [6.45, 7) is 5.71. The van der Waals surface area contributed by atoms with E-state index in [1.165, 1.54) is 6.08 Å². The molecule has 0 fully saturated rings. The first-order valence-corrected chi connectivity index (χ1v) is 9.64. The van der Waals surface area contributed by atoms with E-state index < -0.39 is 21.1 Å². The number of nitrogens with one attached hydrogen (secondary N) is 1. The molecular weight excluding hydrogens is 342 g/mol. The Kier molecular flexibility index (Phi) is 5.73. The topological polar surface area (TPSA) is 102 Å². The van der Waals surface area contributed by atoms with E-state index in [1.54, 1.807) is 6.08 Å². The Morgan fingerprint density at radius 1 is 1.20 bits per heavy atom. The van der Waals surface area contributed by atoms with Crippen molar-refractivity contribution in [3.63, 3.8) is 0 Å². The first-order valence-electron chi connectivity index (χ1n) is 7.75. The monoisotopic (exact) mass is 363 g/mol. The van der Waals surface area contributed by atoms with E-state index in [0.717, 1.165) is 17.4 Å². The minimum Gasteiger partial charge on any atom is -0.410 e. The molecule has 25 heavy (non-hydrogen) atoms. The van der Waals surface area contributed by atoms with Gasteiger partial charge in [0.15, 0.2) is 0 Å². The van der Waals surface area contributed by atoms with Crippen molar-refractivity contribution in [3.8, 4) is 0 Å². The Bertz CT molecular complexity index is 868. The van der Waals surface area contributed by atoms with E-state index in [2.05, 4.69) is 15.5 Å². The second kappa shape index (κ2) is 7.60. The number of benzene rings is 1. The van der Waals surface area contributed by atoms with Crippen LogP contribution in [0.3, 0.4) is 0 Å². The molecule has 1 atom stereocenters. The van der Waals surface area contributed by atoms with Crippen LogP contribution >= 0.6 is 0 Å². The maximum atomic E-state index is 12.2. The summed E-state index contributed by atoms with van der Waals surface area (Å²) in [5, 5.41) is 9.58. The number of rotatable bonds is 6. The van der Waals surface area contributed by atoms with Gasteiger partial charge < -0.3 is 9.73 Å². The molecule has 0 aliphatic heterocycles. The van der Waals surface area contributed by atoms with Gasteiger partial charge in [-0.1, -0.05) is 48.8 Å². The first kappa shape index (κ1) is 18.9. The molecule has 8 heteroatoms. The number of aryl methyl sites for hydroxylation is 1. The third-order valence-corrected chi connectivity index (χ3v) is 4.27. The summed E-state index contributed by atoms with van der Waals surface area (Å²) >= 11 is 0. The number of carbonyl (C=O) groups is 1. The van der Waals surface area contributed by atoms with Gasteiger partial charge in [-0.15, -0.1) is 5.10 Å². The van der Waals surface area contributed by atoms with E-state index in [-0.39, 0.29) is 17.7 Å². The molecule has 0 spiro atoms. The number of nitrogens with zero attached hydrogens (tertiary/aromatic N) is 2. The van der Waals surface area contributed by atoms with Crippen LogP contribution in [0.1, 0.15) is 36.9 Å². The summed E-state index contributed by atoms with van der Waals surface area (Å²) in [5.74, 6) is -0.338. The van der Waals surface area contributed by atoms with Crippen LogP contribution < -0.4 is 5.32 Å². The lowest BCUT2D eigenvalue weighted by molar-refractivity contribution is -0.117. The average molecular weight is 363 g/mol. The van der Waals surface area contributed by atoms with Crippen molar-refractivity contribution in [3.05, 3.63) is 47.4 Å². The highest BCUT2D eigenvalue weighted by Crippen LogP contribution is 2.22. The average Bonchev–Trinajstić information content (AvgIpc) is 3.01. The molecule has 7 nitrogen and oxygen atoms in total. The molecule has 134 valence electrons. The number of amides is 1. The fraction of sp³-hybridized carbons (Fsp3) is 0.353. The van der Waals surface area contributed by atoms with Crippen molar-refractivity contribution < 1.29 is 17.6 Å². The zero-order chi connectivity index (χ0) is 18.6. The number of hydrogen-bond donors (Lipinski definition) is 1. The molecule has 0 saturated heterocycles. The Labute approximate surface area is 147 Å². The lowest BCUT2D eigenvalue weighted by Crippen LogP contribution is -2.30. The van der Waals surface area contributed by atoms with Crippen molar-refractivity contribution in [1.29, 1.82) is 0 Å². The molecule has 1 aromatic carbocycles. The van der Waals surface area contributed by atoms with Crippen LogP contribution in [0.25, 0.3) is 6.08 Å². The molecule has 1 heterocycles. The molecule has 2 aromatic rings. The lowest BCUT2D eigenvalue weighted by Gasteiger charge is -2.17. The van der Waals surface area contributed by atoms with E-state index >= 15 is 0 Å². The Morgan fingerprint density at radius 3 is 2.36 bits per heavy atom. The Balaban J connectivity index is 2.12. The van der Waals surface area contributed by atoms with Gasteiger partial charge in [-0.05, 0) is 24.5 Å². The van der Waals surface area contributed by atoms with Crippen LogP contribution in [0.15, 0.2) is 40.0 Å². The second-order valence-electron chi connectivity index (χ2n) is 6.15. The molecule has 0 radical (unpaired) electrons. The summed E-state index contributed by atoms with van der Waals surface area (Å²) < 4.78 is 28.1. The molecular formula is C17H21N3O4S. The fourth-order valence-corrected chi connectivity index (χ4v) is 2.49. The molecule has 0 bridgehead atoms. The third kappa shape index (κ3) is 5.25. The second-order valence-corrected chi connectivity index (χ2v) is 8.05. The molecule has 0 unspecified atom stereocenters. The predicted octanol–water partition coefficient (Wildman–Crippen LogP) is 2.31. The highest BCUT2D eigenvalue weighted by molar-refractivity contribution is 7.90. The molecule has 0 aliphatic carbocycles. The number of carbonyl (C=O) groups excluding carboxylic acids is 1. The molecule has 0 saturated carbocycles. The molecule has 1 amide bonds. The van der Waals surface area contributed by atoms with Crippen LogP contribution in [-0.4, -0.2) is 30.8 Å². The summed E-state index contributed by atoms with van der Waals surface area (Å²) in [4.78, 5) is 12.2. The van der Waals surface area contributed by atoms with Crippen molar-refractivity contribution in [2.45, 2.75) is 32.0 Å². The van der Waals surface area contributed by atoms with Gasteiger partial charge in [0, 0.05) is 12.3 Å². The maximum absolute atomic E-state index is 12.2. The lowest BCUT2D eigenvalue weighted by atomic mass is 10.0. The molecule has 0 aliphatic rings. The molecule has 2 rings (SSSR count). The van der Waals surface area contributed by atoms with Gasteiger partial charge in [0.2, 0.25) is 21.6 Å². The van der Waals surface area contributed by atoms with Gasteiger partial charge in [-0.25, -0.2) is 8.42 Å². The van der Waals surface area contributed by atoms with Gasteiger partial charge in [0.1, 0.15) is 6.04 Å². The minimum atomic E-state index is -3.59. The van der Waals surface area contributed by atoms with Crippen LogP contribution in [-0.2, 0) is 14.6 Å². The highest BCUT2D eigenvalue weighted by atomic mass is 32.2. The molecule has 1 aromatic heterocycles. The van der Waals surface area contributed by atoms with Crippen LogP contribution in [0.2, 0.25) is 0 Å². The summed E-state index contributed by atoms with van der Waals surface area (Å²) in [6.07, 6.45) is 4.09. The number of hydrogen-bond acceptors (Lipinski definition) is 6. The fourth-order valence-electron chi connectivity index (χ4n) is 2.06. The van der Waals surface area contributed by atoms with E-state index in [1.807, 2.05) is 45.0 Å². The van der Waals surface area contributed by atoms with Crippen molar-refractivity contribution in [2.24, 2.45) is 5.92 Å². The maximum Gasteiger partial charge on any atom is 0.335 e. The Morgan fingerprint density at radius 2 is 1.84 bits per heavy atom. The van der Waals surface area contributed by atoms with Gasteiger partial charge >= 0.3 is 5.22 Å². The largest absolute Gasteiger partial charge is 0.410 e. The van der Waals surface area contributed by atoms with Crippen LogP contribution in [0.5, 0.6) is 0 Å². The van der Waals surface area contributed by atoms with Crippen molar-refractivity contribution in [1.82, 2.24) is 15.5 Å². The third-order valence-electron chi connectivity index (χ3n) is 3.47. The summed E-state index contributed by atoms with van der Waals surface area (Å²) in [6, 6.07) is 7.16. The summed E-state index contributed by atoms with van der Waals surface area (Å²) in [7, 11) is -3.59.